The van der Waals surface area contributed by atoms with Crippen molar-refractivity contribution in [3.63, 3.8) is 0 Å². The zero-order valence-electron chi connectivity index (χ0n) is 24.2. The van der Waals surface area contributed by atoms with E-state index in [1.54, 1.807) is 0 Å². The summed E-state index contributed by atoms with van der Waals surface area (Å²) in [5.74, 6) is 0. The Morgan fingerprint density at radius 2 is 0.911 bits per heavy atom. The summed E-state index contributed by atoms with van der Waals surface area (Å²) in [5.41, 5.74) is 7.23. The van der Waals surface area contributed by atoms with Crippen molar-refractivity contribution in [1.29, 1.82) is 0 Å². The van der Waals surface area contributed by atoms with Crippen molar-refractivity contribution in [3.05, 3.63) is 146 Å². The highest BCUT2D eigenvalue weighted by Gasteiger charge is 2.20. The second kappa shape index (κ2) is 9.22. The van der Waals surface area contributed by atoms with E-state index in [1.165, 1.54) is 37.7 Å². The minimum Gasteiger partial charge on any atom is -0.456 e. The fraction of sp³-hybridized carbons (Fsp3) is 0. The molecule has 0 spiro atoms. The topological polar surface area (TPSA) is 38.9 Å². The number of furan rings is 1. The van der Waals surface area contributed by atoms with Gasteiger partial charge in [0.05, 0.1) is 22.4 Å². The van der Waals surface area contributed by atoms with Crippen molar-refractivity contribution >= 4 is 76.1 Å². The Kier molecular flexibility index (Phi) is 5.00. The Bertz CT molecular complexity index is 2830. The van der Waals surface area contributed by atoms with Crippen molar-refractivity contribution in [3.8, 4) is 22.5 Å². The van der Waals surface area contributed by atoms with Crippen molar-refractivity contribution in [2.45, 2.75) is 0 Å². The van der Waals surface area contributed by atoms with Gasteiger partial charge in [-0.2, -0.15) is 0 Å². The first-order chi connectivity index (χ1) is 22.3. The third-order valence-corrected chi connectivity index (χ3v) is 9.25. The van der Waals surface area contributed by atoms with Gasteiger partial charge in [0.1, 0.15) is 11.2 Å². The molecule has 3 heteroatoms. The fourth-order valence-electron chi connectivity index (χ4n) is 7.23. The molecule has 45 heavy (non-hydrogen) atoms. The normalized spacial score (nSPS) is 12.0. The molecule has 0 N–H and O–H groups in total. The highest BCUT2D eigenvalue weighted by molar-refractivity contribution is 6.26. The van der Waals surface area contributed by atoms with Crippen LogP contribution in [-0.4, -0.2) is 9.97 Å². The van der Waals surface area contributed by atoms with Gasteiger partial charge in [0.25, 0.3) is 0 Å². The molecule has 0 saturated heterocycles. The summed E-state index contributed by atoms with van der Waals surface area (Å²) in [6, 6.07) is 51.3. The molecule has 0 atom stereocenters. The average Bonchev–Trinajstić information content (AvgIpc) is 3.49. The first-order valence-electron chi connectivity index (χ1n) is 15.3. The quantitative estimate of drug-likeness (QED) is 0.193. The minimum atomic E-state index is 0.845. The Morgan fingerprint density at radius 1 is 0.333 bits per heavy atom. The number of hydrogen-bond acceptors (Lipinski definition) is 3. The predicted octanol–water partition coefficient (Wildman–Crippen LogP) is 11.5. The minimum absolute atomic E-state index is 0.845. The molecular weight excluding hydrogens is 548 g/mol. The molecule has 0 aliphatic heterocycles. The highest BCUT2D eigenvalue weighted by atomic mass is 16.3. The number of fused-ring (bicyclic) bond motifs is 11. The van der Waals surface area contributed by atoms with Crippen molar-refractivity contribution < 1.29 is 4.42 Å². The molecule has 2 aromatic heterocycles. The highest BCUT2D eigenvalue weighted by Crippen LogP contribution is 2.43. The van der Waals surface area contributed by atoms with E-state index in [4.69, 9.17) is 14.4 Å². The van der Waals surface area contributed by atoms with Gasteiger partial charge in [0, 0.05) is 21.9 Å². The summed E-state index contributed by atoms with van der Waals surface area (Å²) in [5, 5.41) is 12.0. The lowest BCUT2D eigenvalue weighted by Crippen LogP contribution is -1.97. The van der Waals surface area contributed by atoms with Crippen LogP contribution in [0.5, 0.6) is 0 Å². The summed E-state index contributed by atoms with van der Waals surface area (Å²) in [6.07, 6.45) is 0. The van der Waals surface area contributed by atoms with Gasteiger partial charge in [-0.1, -0.05) is 121 Å². The van der Waals surface area contributed by atoms with Crippen LogP contribution >= 0.6 is 0 Å². The molecular formula is C42H24N2O. The van der Waals surface area contributed by atoms with E-state index in [-0.39, 0.29) is 0 Å². The zero-order valence-corrected chi connectivity index (χ0v) is 24.2. The van der Waals surface area contributed by atoms with Crippen LogP contribution in [0.25, 0.3) is 98.6 Å². The lowest BCUT2D eigenvalue weighted by molar-refractivity contribution is 0.669. The lowest BCUT2D eigenvalue weighted by atomic mass is 9.91. The average molecular weight is 573 g/mol. The summed E-state index contributed by atoms with van der Waals surface area (Å²) in [7, 11) is 0. The molecule has 0 saturated carbocycles. The molecule has 8 aromatic carbocycles. The Balaban J connectivity index is 1.33. The third-order valence-electron chi connectivity index (χ3n) is 9.25. The van der Waals surface area contributed by atoms with Crippen molar-refractivity contribution in [2.75, 3.05) is 0 Å². The standard InChI is InChI=1S/C42H24N2O/c1-2-10-27-25(9-1)19-24-31-28(27)22-20-26-21-23-29-30(39(26)31)12-7-13-32(29)41-42(44-36-16-5-4-15-35(36)43-41)34-14-8-18-38-40(34)33-11-3-6-17-37(33)45-38/h1-24H. The van der Waals surface area contributed by atoms with Gasteiger partial charge in [0.2, 0.25) is 0 Å². The Labute approximate surface area is 258 Å². The zero-order chi connectivity index (χ0) is 29.5. The van der Waals surface area contributed by atoms with Crippen LogP contribution in [-0.2, 0) is 0 Å². The monoisotopic (exact) mass is 572 g/mol. The molecule has 3 nitrogen and oxygen atoms in total. The number of aromatic nitrogens is 2. The van der Waals surface area contributed by atoms with E-state index in [1.807, 2.05) is 48.5 Å². The van der Waals surface area contributed by atoms with Crippen LogP contribution < -0.4 is 0 Å². The van der Waals surface area contributed by atoms with E-state index in [9.17, 15) is 0 Å². The van der Waals surface area contributed by atoms with Crippen LogP contribution in [0.3, 0.4) is 0 Å². The maximum atomic E-state index is 6.29. The van der Waals surface area contributed by atoms with E-state index in [2.05, 4.69) is 97.1 Å². The Hall–Kier alpha value is -6.06. The van der Waals surface area contributed by atoms with Gasteiger partial charge in [-0.3, -0.25) is 0 Å². The lowest BCUT2D eigenvalue weighted by Gasteiger charge is -2.15. The number of benzene rings is 8. The smallest absolute Gasteiger partial charge is 0.136 e. The molecule has 10 aromatic rings. The number of rotatable bonds is 2. The first-order valence-corrected chi connectivity index (χ1v) is 15.3. The van der Waals surface area contributed by atoms with Crippen molar-refractivity contribution in [2.24, 2.45) is 0 Å². The predicted molar refractivity (Wildman–Crippen MR) is 188 cm³/mol. The maximum Gasteiger partial charge on any atom is 0.136 e. The summed E-state index contributed by atoms with van der Waals surface area (Å²) < 4.78 is 6.29. The van der Waals surface area contributed by atoms with E-state index in [0.29, 0.717) is 0 Å². The van der Waals surface area contributed by atoms with E-state index in [0.717, 1.165) is 60.9 Å². The fourth-order valence-corrected chi connectivity index (χ4v) is 7.23. The van der Waals surface area contributed by atoms with Gasteiger partial charge in [-0.25, -0.2) is 9.97 Å². The molecule has 2 heterocycles. The summed E-state index contributed by atoms with van der Waals surface area (Å²) >= 11 is 0. The number of nitrogens with zero attached hydrogens (tertiary/aromatic N) is 2. The molecule has 0 aliphatic rings. The first kappa shape index (κ1) is 24.4. The SMILES string of the molecule is c1ccc2c(c1)ccc1c2ccc2ccc3c(-c4nc5ccccc5nc4-c4cccc5oc6ccccc6c45)cccc3c21. The van der Waals surface area contributed by atoms with Gasteiger partial charge < -0.3 is 4.42 Å². The third kappa shape index (κ3) is 3.52. The van der Waals surface area contributed by atoms with Gasteiger partial charge in [-0.15, -0.1) is 0 Å². The maximum absolute atomic E-state index is 6.29. The van der Waals surface area contributed by atoms with E-state index < -0.39 is 0 Å². The second-order valence-corrected chi connectivity index (χ2v) is 11.7. The molecule has 0 aliphatic carbocycles. The van der Waals surface area contributed by atoms with Gasteiger partial charge in [0.15, 0.2) is 0 Å². The molecule has 0 unspecified atom stereocenters. The van der Waals surface area contributed by atoms with Crippen LogP contribution in [0, 0.1) is 0 Å². The summed E-state index contributed by atoms with van der Waals surface area (Å²) in [6.45, 7) is 0. The molecule has 10 rings (SSSR count). The largest absolute Gasteiger partial charge is 0.456 e. The van der Waals surface area contributed by atoms with Crippen LogP contribution in [0.4, 0.5) is 0 Å². The van der Waals surface area contributed by atoms with Gasteiger partial charge in [-0.05, 0) is 67.4 Å². The number of para-hydroxylation sites is 3. The van der Waals surface area contributed by atoms with Crippen molar-refractivity contribution in [1.82, 2.24) is 9.97 Å². The van der Waals surface area contributed by atoms with E-state index >= 15 is 0 Å². The molecule has 0 bridgehead atoms. The molecule has 208 valence electrons. The number of hydrogen-bond donors (Lipinski definition) is 0. The summed E-state index contributed by atoms with van der Waals surface area (Å²) in [4.78, 5) is 10.6. The molecule has 0 fully saturated rings. The molecule has 0 amide bonds. The Morgan fingerprint density at radius 3 is 1.78 bits per heavy atom. The van der Waals surface area contributed by atoms with Crippen LogP contribution in [0.1, 0.15) is 0 Å². The second-order valence-electron chi connectivity index (χ2n) is 11.7. The van der Waals surface area contributed by atoms with Crippen LogP contribution in [0.2, 0.25) is 0 Å². The van der Waals surface area contributed by atoms with Crippen LogP contribution in [0.15, 0.2) is 150 Å². The van der Waals surface area contributed by atoms with Gasteiger partial charge >= 0.3 is 0 Å². The molecule has 0 radical (unpaired) electrons.